The number of Topliss-reactive ketones (excluding diaryl/α,β-unsaturated/α-hetero) is 1. The Kier molecular flexibility index (Phi) is 8.68. The summed E-state index contributed by atoms with van der Waals surface area (Å²) in [6, 6.07) is 11.9. The number of esters is 1. The van der Waals surface area contributed by atoms with Crippen LogP contribution in [0.3, 0.4) is 0 Å². The lowest BCUT2D eigenvalue weighted by molar-refractivity contribution is -0.147. The lowest BCUT2D eigenvalue weighted by Crippen LogP contribution is -2.21. The van der Waals surface area contributed by atoms with E-state index < -0.39 is 18.5 Å². The highest BCUT2D eigenvalue weighted by atomic mass is 35.5. The Balaban J connectivity index is 1.72. The van der Waals surface area contributed by atoms with E-state index in [1.807, 2.05) is 13.8 Å². The maximum absolute atomic E-state index is 12.2. The molecule has 0 aliphatic rings. The van der Waals surface area contributed by atoms with Gasteiger partial charge in [0, 0.05) is 22.7 Å². The zero-order valence-electron chi connectivity index (χ0n) is 16.5. The first kappa shape index (κ1) is 22.4. The van der Waals surface area contributed by atoms with Gasteiger partial charge < -0.3 is 14.8 Å². The number of anilines is 1. The summed E-state index contributed by atoms with van der Waals surface area (Å²) in [5.41, 5.74) is 1.91. The number of hydrogen-bond acceptors (Lipinski definition) is 5. The second kappa shape index (κ2) is 11.2. The van der Waals surface area contributed by atoms with E-state index in [1.54, 1.807) is 42.5 Å². The van der Waals surface area contributed by atoms with E-state index in [0.29, 0.717) is 28.6 Å². The van der Waals surface area contributed by atoms with Crippen molar-refractivity contribution >= 4 is 34.9 Å². The second-order valence-corrected chi connectivity index (χ2v) is 6.88. The van der Waals surface area contributed by atoms with Gasteiger partial charge >= 0.3 is 5.97 Å². The van der Waals surface area contributed by atoms with Crippen molar-refractivity contribution < 1.29 is 23.9 Å². The van der Waals surface area contributed by atoms with Crippen molar-refractivity contribution in [1.82, 2.24) is 0 Å². The third kappa shape index (κ3) is 7.58. The smallest absolute Gasteiger partial charge is 0.306 e. The van der Waals surface area contributed by atoms with Crippen LogP contribution in [0, 0.1) is 6.92 Å². The zero-order valence-corrected chi connectivity index (χ0v) is 17.3. The minimum atomic E-state index is -0.613. The van der Waals surface area contributed by atoms with Crippen LogP contribution in [0.5, 0.6) is 5.75 Å². The minimum absolute atomic E-state index is 0.00316. The van der Waals surface area contributed by atoms with Crippen LogP contribution in [0.15, 0.2) is 42.5 Å². The molecule has 2 aromatic rings. The SMILES string of the molecule is CCCOc1ccc(C(=O)CCC(=O)OCC(=O)Nc2ccc(C)c(Cl)c2)cc1. The summed E-state index contributed by atoms with van der Waals surface area (Å²) < 4.78 is 10.4. The lowest BCUT2D eigenvalue weighted by Gasteiger charge is -2.08. The fraction of sp³-hybridized carbons (Fsp3) is 0.318. The molecule has 6 nitrogen and oxygen atoms in total. The molecule has 0 radical (unpaired) electrons. The largest absolute Gasteiger partial charge is 0.494 e. The maximum Gasteiger partial charge on any atom is 0.306 e. The average Bonchev–Trinajstić information content (AvgIpc) is 2.72. The van der Waals surface area contributed by atoms with Crippen molar-refractivity contribution in [3.05, 3.63) is 58.6 Å². The highest BCUT2D eigenvalue weighted by Gasteiger charge is 2.12. The number of carbonyl (C=O) groups excluding carboxylic acids is 3. The molecular weight excluding hydrogens is 394 g/mol. The number of ether oxygens (including phenoxy) is 2. The molecule has 7 heteroatoms. The van der Waals surface area contributed by atoms with E-state index in [-0.39, 0.29) is 18.6 Å². The molecule has 0 saturated heterocycles. The van der Waals surface area contributed by atoms with Crippen LogP contribution in [0.4, 0.5) is 5.69 Å². The van der Waals surface area contributed by atoms with E-state index in [9.17, 15) is 14.4 Å². The minimum Gasteiger partial charge on any atom is -0.494 e. The van der Waals surface area contributed by atoms with E-state index >= 15 is 0 Å². The molecule has 0 aliphatic carbocycles. The van der Waals surface area contributed by atoms with Crippen LogP contribution < -0.4 is 10.1 Å². The Labute approximate surface area is 175 Å². The van der Waals surface area contributed by atoms with Crippen molar-refractivity contribution in [2.24, 2.45) is 0 Å². The van der Waals surface area contributed by atoms with Gasteiger partial charge in [-0.3, -0.25) is 14.4 Å². The number of benzene rings is 2. The van der Waals surface area contributed by atoms with Crippen molar-refractivity contribution in [1.29, 1.82) is 0 Å². The van der Waals surface area contributed by atoms with Gasteiger partial charge in [-0.1, -0.05) is 24.6 Å². The quantitative estimate of drug-likeness (QED) is 0.452. The molecule has 1 amide bonds. The van der Waals surface area contributed by atoms with Crippen LogP contribution in [0.1, 0.15) is 42.1 Å². The summed E-state index contributed by atoms with van der Waals surface area (Å²) in [5, 5.41) is 3.13. The van der Waals surface area contributed by atoms with Gasteiger partial charge in [-0.15, -0.1) is 0 Å². The van der Waals surface area contributed by atoms with E-state index in [1.165, 1.54) is 0 Å². The molecule has 0 atom stereocenters. The first-order valence-corrected chi connectivity index (χ1v) is 9.74. The Morgan fingerprint density at radius 1 is 1.03 bits per heavy atom. The van der Waals surface area contributed by atoms with Crippen LogP contribution in [-0.4, -0.2) is 30.9 Å². The number of ketones is 1. The average molecular weight is 418 g/mol. The van der Waals surface area contributed by atoms with Gasteiger partial charge in [0.2, 0.25) is 0 Å². The molecule has 0 aliphatic heterocycles. The van der Waals surface area contributed by atoms with Crippen LogP contribution in [0.25, 0.3) is 0 Å². The first-order valence-electron chi connectivity index (χ1n) is 9.36. The number of amides is 1. The Hall–Kier alpha value is -2.86. The van der Waals surface area contributed by atoms with Gasteiger partial charge in [-0.05, 0) is 55.3 Å². The Morgan fingerprint density at radius 2 is 1.76 bits per heavy atom. The molecule has 0 spiro atoms. The molecule has 0 heterocycles. The zero-order chi connectivity index (χ0) is 21.2. The van der Waals surface area contributed by atoms with Gasteiger partial charge in [-0.25, -0.2) is 0 Å². The number of halogens is 1. The van der Waals surface area contributed by atoms with Crippen LogP contribution >= 0.6 is 11.6 Å². The number of rotatable bonds is 10. The fourth-order valence-corrected chi connectivity index (χ4v) is 2.58. The first-order chi connectivity index (χ1) is 13.9. The molecule has 154 valence electrons. The summed E-state index contributed by atoms with van der Waals surface area (Å²) >= 11 is 6.00. The molecule has 29 heavy (non-hydrogen) atoms. The summed E-state index contributed by atoms with van der Waals surface area (Å²) in [7, 11) is 0. The van der Waals surface area contributed by atoms with Crippen molar-refractivity contribution in [3.8, 4) is 5.75 Å². The van der Waals surface area contributed by atoms with Gasteiger partial charge in [0.05, 0.1) is 13.0 Å². The fourth-order valence-electron chi connectivity index (χ4n) is 2.40. The standard InChI is InChI=1S/C22H24ClNO5/c1-3-12-28-18-8-5-16(6-9-18)20(25)10-11-22(27)29-14-21(26)24-17-7-4-15(2)19(23)13-17/h4-9,13H,3,10-12,14H2,1-2H3,(H,24,26). The highest BCUT2D eigenvalue weighted by molar-refractivity contribution is 6.31. The van der Waals surface area contributed by atoms with E-state index in [2.05, 4.69) is 5.32 Å². The predicted molar refractivity (Wildman–Crippen MR) is 112 cm³/mol. The van der Waals surface area contributed by atoms with Gasteiger partial charge in [-0.2, -0.15) is 0 Å². The molecule has 0 fully saturated rings. The normalized spacial score (nSPS) is 10.3. The maximum atomic E-state index is 12.2. The second-order valence-electron chi connectivity index (χ2n) is 6.47. The molecule has 0 aromatic heterocycles. The molecule has 2 aromatic carbocycles. The van der Waals surface area contributed by atoms with E-state index in [0.717, 1.165) is 12.0 Å². The number of aryl methyl sites for hydroxylation is 1. The number of nitrogens with one attached hydrogen (secondary N) is 1. The molecule has 1 N–H and O–H groups in total. The Morgan fingerprint density at radius 3 is 2.41 bits per heavy atom. The molecule has 0 bridgehead atoms. The van der Waals surface area contributed by atoms with Crippen molar-refractivity contribution in [3.63, 3.8) is 0 Å². The van der Waals surface area contributed by atoms with Gasteiger partial charge in [0.25, 0.3) is 5.91 Å². The molecule has 0 unspecified atom stereocenters. The van der Waals surface area contributed by atoms with Crippen molar-refractivity contribution in [2.75, 3.05) is 18.5 Å². The van der Waals surface area contributed by atoms with Gasteiger partial charge in [0.1, 0.15) is 5.75 Å². The molecule has 2 rings (SSSR count). The topological polar surface area (TPSA) is 81.7 Å². The monoisotopic (exact) mass is 417 g/mol. The highest BCUT2D eigenvalue weighted by Crippen LogP contribution is 2.20. The van der Waals surface area contributed by atoms with Crippen molar-refractivity contribution in [2.45, 2.75) is 33.1 Å². The summed E-state index contributed by atoms with van der Waals surface area (Å²) in [5.74, 6) is -0.572. The van der Waals surface area contributed by atoms with Crippen LogP contribution in [-0.2, 0) is 14.3 Å². The summed E-state index contributed by atoms with van der Waals surface area (Å²) in [4.78, 5) is 35.9. The number of carbonyl (C=O) groups is 3. The lowest BCUT2D eigenvalue weighted by atomic mass is 10.1. The molecular formula is C22H24ClNO5. The van der Waals surface area contributed by atoms with Crippen LogP contribution in [0.2, 0.25) is 5.02 Å². The predicted octanol–water partition coefficient (Wildman–Crippen LogP) is 4.58. The Bertz CT molecular complexity index is 864. The third-order valence-corrected chi connectivity index (χ3v) is 4.43. The summed E-state index contributed by atoms with van der Waals surface area (Å²) in [6.45, 7) is 4.05. The third-order valence-electron chi connectivity index (χ3n) is 4.03. The molecule has 0 saturated carbocycles. The number of hydrogen-bond donors (Lipinski definition) is 1. The van der Waals surface area contributed by atoms with Gasteiger partial charge in [0.15, 0.2) is 12.4 Å². The summed E-state index contributed by atoms with van der Waals surface area (Å²) in [6.07, 6.45) is 0.805. The van der Waals surface area contributed by atoms with E-state index in [4.69, 9.17) is 21.1 Å².